The Kier molecular flexibility index (Phi) is 3.27. The maximum atomic E-state index is 13.1. The Morgan fingerprint density at radius 3 is 2.89 bits per heavy atom. The van der Waals surface area contributed by atoms with Gasteiger partial charge in [0.05, 0.1) is 0 Å². The Morgan fingerprint density at radius 1 is 1.56 bits per heavy atom. The summed E-state index contributed by atoms with van der Waals surface area (Å²) in [6.07, 6.45) is 1.06. The second kappa shape index (κ2) is 4.87. The van der Waals surface area contributed by atoms with Crippen LogP contribution in [0.3, 0.4) is 0 Å². The van der Waals surface area contributed by atoms with Gasteiger partial charge in [-0.15, -0.1) is 0 Å². The summed E-state index contributed by atoms with van der Waals surface area (Å²) in [6, 6.07) is 6.04. The molecule has 0 unspecified atom stereocenters. The number of aromatic carboxylic acids is 1. The lowest BCUT2D eigenvalue weighted by Gasteiger charge is -2.18. The highest BCUT2D eigenvalue weighted by Gasteiger charge is 2.16. The first-order chi connectivity index (χ1) is 8.61. The molecule has 0 radical (unpaired) electrons. The Balaban J connectivity index is 2.35. The third kappa shape index (κ3) is 2.32. The van der Waals surface area contributed by atoms with Gasteiger partial charge in [0.15, 0.2) is 5.69 Å². The zero-order valence-corrected chi connectivity index (χ0v) is 9.63. The van der Waals surface area contributed by atoms with Crippen molar-refractivity contribution in [1.82, 2.24) is 4.98 Å². The van der Waals surface area contributed by atoms with Gasteiger partial charge >= 0.3 is 12.0 Å². The van der Waals surface area contributed by atoms with Crippen LogP contribution in [0, 0.1) is 5.82 Å². The van der Waals surface area contributed by atoms with E-state index in [1.807, 2.05) is 6.92 Å². The summed E-state index contributed by atoms with van der Waals surface area (Å²) in [4.78, 5) is 16.1. The molecule has 0 aliphatic heterocycles. The third-order valence-corrected chi connectivity index (χ3v) is 2.38. The van der Waals surface area contributed by atoms with Crippen LogP contribution in [0.5, 0.6) is 0 Å². The van der Waals surface area contributed by atoms with E-state index in [0.29, 0.717) is 12.2 Å². The quantitative estimate of drug-likeness (QED) is 0.903. The summed E-state index contributed by atoms with van der Waals surface area (Å²) in [7, 11) is 0. The van der Waals surface area contributed by atoms with Crippen molar-refractivity contribution in [2.24, 2.45) is 0 Å². The average molecular weight is 250 g/mol. The molecule has 0 saturated carbocycles. The highest BCUT2D eigenvalue weighted by molar-refractivity contribution is 5.85. The monoisotopic (exact) mass is 250 g/mol. The van der Waals surface area contributed by atoms with Crippen molar-refractivity contribution in [3.8, 4) is 0 Å². The normalized spacial score (nSPS) is 10.3. The number of hydrogen-bond acceptors (Lipinski definition) is 4. The lowest BCUT2D eigenvalue weighted by Crippen LogP contribution is -2.16. The molecule has 0 atom stereocenters. The highest BCUT2D eigenvalue weighted by atomic mass is 19.1. The van der Waals surface area contributed by atoms with Crippen LogP contribution in [0.1, 0.15) is 17.4 Å². The lowest BCUT2D eigenvalue weighted by molar-refractivity contribution is 0.0690. The summed E-state index contributed by atoms with van der Waals surface area (Å²) in [5.74, 6) is -1.55. The third-order valence-electron chi connectivity index (χ3n) is 2.38. The van der Waals surface area contributed by atoms with Gasteiger partial charge in [0.1, 0.15) is 12.1 Å². The molecular formula is C12H11FN2O3. The van der Waals surface area contributed by atoms with E-state index < -0.39 is 5.97 Å². The van der Waals surface area contributed by atoms with Crippen molar-refractivity contribution in [1.29, 1.82) is 0 Å². The van der Waals surface area contributed by atoms with Gasteiger partial charge in [-0.05, 0) is 25.1 Å². The number of nitrogens with zero attached hydrogens (tertiary/aromatic N) is 2. The number of carboxylic acid groups (broad SMARTS) is 1. The minimum atomic E-state index is -1.17. The number of aromatic nitrogens is 1. The summed E-state index contributed by atoms with van der Waals surface area (Å²) in [6.45, 7) is 2.30. The number of benzene rings is 1. The minimum absolute atomic E-state index is 0.125. The molecule has 94 valence electrons. The molecule has 0 bridgehead atoms. The maximum Gasteiger partial charge on any atom is 0.357 e. The Morgan fingerprint density at radius 2 is 2.33 bits per heavy atom. The van der Waals surface area contributed by atoms with Gasteiger partial charge in [0.25, 0.3) is 0 Å². The number of halogens is 1. The highest BCUT2D eigenvalue weighted by Crippen LogP contribution is 2.24. The van der Waals surface area contributed by atoms with Crippen molar-refractivity contribution < 1.29 is 18.7 Å². The van der Waals surface area contributed by atoms with Gasteiger partial charge in [-0.25, -0.2) is 9.18 Å². The fraction of sp³-hybridized carbons (Fsp3) is 0.167. The summed E-state index contributed by atoms with van der Waals surface area (Å²) >= 11 is 0. The fourth-order valence-corrected chi connectivity index (χ4v) is 1.56. The molecule has 18 heavy (non-hydrogen) atoms. The molecule has 0 spiro atoms. The van der Waals surface area contributed by atoms with Crippen LogP contribution in [0.25, 0.3) is 0 Å². The number of oxazole rings is 1. The smallest absolute Gasteiger partial charge is 0.357 e. The number of carbonyl (C=O) groups is 1. The van der Waals surface area contributed by atoms with E-state index in [0.717, 1.165) is 6.26 Å². The topological polar surface area (TPSA) is 66.6 Å². The van der Waals surface area contributed by atoms with Crippen molar-refractivity contribution in [3.05, 3.63) is 42.0 Å². The van der Waals surface area contributed by atoms with Crippen molar-refractivity contribution >= 4 is 17.7 Å². The molecular weight excluding hydrogens is 239 g/mol. The summed E-state index contributed by atoms with van der Waals surface area (Å²) in [5.41, 5.74) is 0.371. The van der Waals surface area contributed by atoms with Crippen LogP contribution in [0.2, 0.25) is 0 Å². The van der Waals surface area contributed by atoms with Gasteiger partial charge < -0.3 is 9.52 Å². The molecule has 2 aromatic rings. The molecule has 2 rings (SSSR count). The molecule has 6 heteroatoms. The van der Waals surface area contributed by atoms with Crippen molar-refractivity contribution in [3.63, 3.8) is 0 Å². The fourth-order valence-electron chi connectivity index (χ4n) is 1.56. The van der Waals surface area contributed by atoms with Crippen LogP contribution < -0.4 is 4.90 Å². The zero-order chi connectivity index (χ0) is 13.1. The van der Waals surface area contributed by atoms with Crippen LogP contribution in [0.15, 0.2) is 34.9 Å². The SMILES string of the molecule is CCN(c1cccc(F)c1)c1nc(C(=O)O)co1. The molecule has 1 aromatic carbocycles. The van der Waals surface area contributed by atoms with Gasteiger partial charge in [0, 0.05) is 12.2 Å². The molecule has 0 amide bonds. The van der Waals surface area contributed by atoms with Crippen LogP contribution >= 0.6 is 0 Å². The van der Waals surface area contributed by atoms with Gasteiger partial charge in [-0.2, -0.15) is 4.98 Å². The summed E-state index contributed by atoms with van der Waals surface area (Å²) in [5, 5.41) is 8.77. The largest absolute Gasteiger partial charge is 0.476 e. The van der Waals surface area contributed by atoms with Crippen LogP contribution in [-0.4, -0.2) is 22.6 Å². The number of anilines is 2. The van der Waals surface area contributed by atoms with E-state index in [1.165, 1.54) is 12.1 Å². The standard InChI is InChI=1S/C12H11FN2O3/c1-2-15(9-5-3-4-8(13)6-9)12-14-10(7-18-12)11(16)17/h3-7H,2H2,1H3,(H,16,17). The molecule has 1 N–H and O–H groups in total. The van der Waals surface area contributed by atoms with E-state index in [1.54, 1.807) is 17.0 Å². The van der Waals surface area contributed by atoms with Gasteiger partial charge in [-0.1, -0.05) is 6.07 Å². The number of hydrogen-bond donors (Lipinski definition) is 1. The molecule has 1 heterocycles. The Bertz CT molecular complexity index is 568. The van der Waals surface area contributed by atoms with E-state index >= 15 is 0 Å². The Labute approximate surface area is 102 Å². The van der Waals surface area contributed by atoms with Crippen molar-refractivity contribution in [2.45, 2.75) is 6.92 Å². The van der Waals surface area contributed by atoms with Crippen LogP contribution in [0.4, 0.5) is 16.1 Å². The predicted molar refractivity (Wildman–Crippen MR) is 62.5 cm³/mol. The molecule has 0 aliphatic carbocycles. The maximum absolute atomic E-state index is 13.1. The second-order valence-electron chi connectivity index (χ2n) is 3.54. The van der Waals surface area contributed by atoms with E-state index in [-0.39, 0.29) is 17.5 Å². The molecule has 1 aromatic heterocycles. The Hall–Kier alpha value is -2.37. The predicted octanol–water partition coefficient (Wildman–Crippen LogP) is 2.67. The first kappa shape index (κ1) is 12.1. The first-order valence-electron chi connectivity index (χ1n) is 5.33. The van der Waals surface area contributed by atoms with E-state index in [9.17, 15) is 9.18 Å². The number of rotatable bonds is 4. The molecule has 0 saturated heterocycles. The molecule has 0 aliphatic rings. The van der Waals surface area contributed by atoms with Crippen LogP contribution in [-0.2, 0) is 0 Å². The average Bonchev–Trinajstić information content (AvgIpc) is 2.80. The first-order valence-corrected chi connectivity index (χ1v) is 5.33. The second-order valence-corrected chi connectivity index (χ2v) is 3.54. The van der Waals surface area contributed by atoms with Crippen molar-refractivity contribution in [2.75, 3.05) is 11.4 Å². The van der Waals surface area contributed by atoms with Gasteiger partial charge in [-0.3, -0.25) is 4.90 Å². The number of carboxylic acids is 1. The lowest BCUT2D eigenvalue weighted by atomic mass is 10.3. The van der Waals surface area contributed by atoms with E-state index in [2.05, 4.69) is 4.98 Å². The minimum Gasteiger partial charge on any atom is -0.476 e. The van der Waals surface area contributed by atoms with Gasteiger partial charge in [0.2, 0.25) is 0 Å². The molecule has 0 fully saturated rings. The molecule has 5 nitrogen and oxygen atoms in total. The zero-order valence-electron chi connectivity index (χ0n) is 9.63. The van der Waals surface area contributed by atoms with E-state index in [4.69, 9.17) is 9.52 Å². The summed E-state index contributed by atoms with van der Waals surface area (Å²) < 4.78 is 18.2.